The van der Waals surface area contributed by atoms with Gasteiger partial charge in [-0.1, -0.05) is 11.6 Å². The van der Waals surface area contributed by atoms with Crippen molar-refractivity contribution in [2.45, 2.75) is 31.3 Å². The Kier molecular flexibility index (Phi) is 4.25. The van der Waals surface area contributed by atoms with Gasteiger partial charge in [0.15, 0.2) is 0 Å². The normalized spacial score (nSPS) is 20.8. The average Bonchev–Trinajstić information content (AvgIpc) is 3.48. The third kappa shape index (κ3) is 3.22. The summed E-state index contributed by atoms with van der Waals surface area (Å²) >= 11 is 6.63. The maximum Gasteiger partial charge on any atom is 0.255 e. The highest BCUT2D eigenvalue weighted by atomic mass is 35.5. The molecule has 2 fully saturated rings. The van der Waals surface area contributed by atoms with Gasteiger partial charge in [0.05, 0.1) is 18.2 Å². The summed E-state index contributed by atoms with van der Waals surface area (Å²) in [5.41, 5.74) is 7.12. The highest BCUT2D eigenvalue weighted by Gasteiger charge is 2.32. The maximum absolute atomic E-state index is 12.7. The lowest BCUT2D eigenvalue weighted by atomic mass is 10.0. The number of nitrogens with zero attached hydrogens (tertiary/aromatic N) is 3. The third-order valence-corrected chi connectivity index (χ3v) is 5.50. The van der Waals surface area contributed by atoms with Crippen molar-refractivity contribution >= 4 is 29.3 Å². The second-order valence-corrected chi connectivity index (χ2v) is 7.69. The van der Waals surface area contributed by atoms with Gasteiger partial charge in [0.1, 0.15) is 11.6 Å². The van der Waals surface area contributed by atoms with Crippen LogP contribution in [0.2, 0.25) is 5.02 Å². The molecule has 3 N–H and O–H groups in total. The maximum atomic E-state index is 12.7. The second-order valence-electron chi connectivity index (χ2n) is 7.28. The molecule has 3 heterocycles. The number of nitrogen functional groups attached to an aromatic ring is 1. The molecule has 1 aromatic carbocycles. The van der Waals surface area contributed by atoms with Gasteiger partial charge in [0.2, 0.25) is 11.8 Å². The van der Waals surface area contributed by atoms with E-state index in [1.54, 1.807) is 12.1 Å². The number of carbonyl (C=O) groups excluding carboxylic acids is 1. The molecule has 1 atom stereocenters. The molecule has 146 valence electrons. The lowest BCUT2D eigenvalue weighted by molar-refractivity contribution is 0.0948. The molecule has 2 aliphatic heterocycles. The van der Waals surface area contributed by atoms with E-state index >= 15 is 0 Å². The SMILES string of the molecule is Nc1nc2cc(n1)N1CCCOC[C@@H]1c1cc(c(C(=O)NC3CC3)cc1Cl)O2. The van der Waals surface area contributed by atoms with Crippen molar-refractivity contribution in [2.75, 3.05) is 30.4 Å². The summed E-state index contributed by atoms with van der Waals surface area (Å²) < 4.78 is 11.8. The van der Waals surface area contributed by atoms with Crippen molar-refractivity contribution < 1.29 is 14.3 Å². The molecular weight excluding hydrogens is 382 g/mol. The predicted octanol–water partition coefficient (Wildman–Crippen LogP) is 2.68. The number of halogens is 1. The molecule has 1 aromatic heterocycles. The standard InChI is InChI=1S/C19H20ClN5O3/c20-13-6-12(18(26)22-10-2-3-10)15-7-11(13)14-9-27-5-1-4-25(14)16-8-17(28-15)24-19(21)23-16/h6-8,10,14H,1-5,9H2,(H,22,26)(H2,21,23,24)/t14-/m1/s1. The van der Waals surface area contributed by atoms with E-state index in [1.165, 1.54) is 0 Å². The number of fused-ring (bicyclic) bond motifs is 7. The molecule has 2 aromatic rings. The fourth-order valence-corrected chi connectivity index (χ4v) is 3.92. The number of carbonyl (C=O) groups is 1. The van der Waals surface area contributed by atoms with Crippen LogP contribution in [0.5, 0.6) is 11.6 Å². The number of nitrogens with one attached hydrogen (secondary N) is 1. The Balaban J connectivity index is 1.66. The minimum absolute atomic E-state index is 0.113. The van der Waals surface area contributed by atoms with Gasteiger partial charge in [-0.15, -0.1) is 0 Å². The Morgan fingerprint density at radius 2 is 2.14 bits per heavy atom. The first-order chi connectivity index (χ1) is 13.6. The van der Waals surface area contributed by atoms with Crippen molar-refractivity contribution in [2.24, 2.45) is 0 Å². The lowest BCUT2D eigenvalue weighted by Crippen LogP contribution is -2.31. The fourth-order valence-electron chi connectivity index (χ4n) is 3.63. The topological polar surface area (TPSA) is 103 Å². The van der Waals surface area contributed by atoms with E-state index < -0.39 is 0 Å². The van der Waals surface area contributed by atoms with Crippen LogP contribution in [0.1, 0.15) is 41.2 Å². The van der Waals surface area contributed by atoms with Crippen molar-refractivity contribution in [3.8, 4) is 11.6 Å². The van der Waals surface area contributed by atoms with Gasteiger partial charge in [-0.05, 0) is 37.0 Å². The van der Waals surface area contributed by atoms with E-state index in [9.17, 15) is 4.79 Å². The van der Waals surface area contributed by atoms with Crippen LogP contribution in [0.25, 0.3) is 0 Å². The number of rotatable bonds is 2. The van der Waals surface area contributed by atoms with Crippen molar-refractivity contribution in [1.82, 2.24) is 15.3 Å². The van der Waals surface area contributed by atoms with Crippen LogP contribution in [0, 0.1) is 0 Å². The first-order valence-corrected chi connectivity index (χ1v) is 9.77. The van der Waals surface area contributed by atoms with Gasteiger partial charge in [-0.3, -0.25) is 4.79 Å². The van der Waals surface area contributed by atoms with E-state index in [0.29, 0.717) is 41.2 Å². The Morgan fingerprint density at radius 3 is 2.96 bits per heavy atom. The average molecular weight is 402 g/mol. The smallest absolute Gasteiger partial charge is 0.255 e. The molecule has 9 heteroatoms. The molecular formula is C19H20ClN5O3. The predicted molar refractivity (Wildman–Crippen MR) is 104 cm³/mol. The van der Waals surface area contributed by atoms with Crippen LogP contribution in [0.4, 0.5) is 11.8 Å². The minimum Gasteiger partial charge on any atom is -0.438 e. The van der Waals surface area contributed by atoms with E-state index in [0.717, 1.165) is 31.4 Å². The number of amides is 1. The summed E-state index contributed by atoms with van der Waals surface area (Å²) in [7, 11) is 0. The summed E-state index contributed by atoms with van der Waals surface area (Å²) in [5.74, 6) is 1.25. The van der Waals surface area contributed by atoms with Crippen LogP contribution in [-0.4, -0.2) is 41.7 Å². The molecule has 8 nitrogen and oxygen atoms in total. The molecule has 0 radical (unpaired) electrons. The van der Waals surface area contributed by atoms with E-state index in [1.807, 2.05) is 6.07 Å². The molecule has 1 amide bonds. The Morgan fingerprint density at radius 1 is 1.29 bits per heavy atom. The van der Waals surface area contributed by atoms with Crippen molar-refractivity contribution in [1.29, 1.82) is 0 Å². The zero-order valence-corrected chi connectivity index (χ0v) is 15.9. The van der Waals surface area contributed by atoms with Crippen LogP contribution in [-0.2, 0) is 4.74 Å². The summed E-state index contributed by atoms with van der Waals surface area (Å²) in [6.45, 7) is 1.84. The summed E-state index contributed by atoms with van der Waals surface area (Å²) in [5, 5.41) is 3.47. The zero-order valence-electron chi connectivity index (χ0n) is 15.2. The molecule has 1 aliphatic carbocycles. The summed E-state index contributed by atoms with van der Waals surface area (Å²) in [4.78, 5) is 23.4. The summed E-state index contributed by atoms with van der Waals surface area (Å²) in [6.07, 6.45) is 2.84. The number of benzene rings is 1. The Labute approximate surface area is 167 Å². The summed E-state index contributed by atoms with van der Waals surface area (Å²) in [6, 6.07) is 5.27. The molecule has 4 bridgehead atoms. The zero-order chi connectivity index (χ0) is 19.3. The van der Waals surface area contributed by atoms with E-state index in [2.05, 4.69) is 20.2 Å². The Hall–Kier alpha value is -2.58. The fraction of sp³-hybridized carbons (Fsp3) is 0.421. The molecule has 0 spiro atoms. The molecule has 5 rings (SSSR count). The number of aromatic nitrogens is 2. The number of anilines is 2. The quantitative estimate of drug-likeness (QED) is 0.797. The second kappa shape index (κ2) is 6.79. The van der Waals surface area contributed by atoms with Crippen molar-refractivity contribution in [3.63, 3.8) is 0 Å². The highest BCUT2D eigenvalue weighted by molar-refractivity contribution is 6.32. The molecule has 3 aliphatic rings. The van der Waals surface area contributed by atoms with Crippen LogP contribution in [0.15, 0.2) is 18.2 Å². The first kappa shape index (κ1) is 17.5. The Bertz CT molecular complexity index is 949. The number of hydrogen-bond acceptors (Lipinski definition) is 7. The lowest BCUT2D eigenvalue weighted by Gasteiger charge is -2.31. The van der Waals surface area contributed by atoms with Crippen LogP contribution in [0.3, 0.4) is 0 Å². The van der Waals surface area contributed by atoms with Gasteiger partial charge >= 0.3 is 0 Å². The van der Waals surface area contributed by atoms with Gasteiger partial charge in [-0.25, -0.2) is 0 Å². The van der Waals surface area contributed by atoms with Gasteiger partial charge in [0.25, 0.3) is 5.91 Å². The highest BCUT2D eigenvalue weighted by Crippen LogP contribution is 2.40. The molecule has 1 saturated heterocycles. The number of hydrogen-bond donors (Lipinski definition) is 2. The number of nitrogens with two attached hydrogens (primary N) is 1. The first-order valence-electron chi connectivity index (χ1n) is 9.39. The number of ether oxygens (including phenoxy) is 2. The molecule has 28 heavy (non-hydrogen) atoms. The van der Waals surface area contributed by atoms with E-state index in [-0.39, 0.29) is 23.9 Å². The van der Waals surface area contributed by atoms with Crippen LogP contribution < -0.4 is 20.7 Å². The minimum atomic E-state index is -0.207. The van der Waals surface area contributed by atoms with Crippen molar-refractivity contribution in [3.05, 3.63) is 34.3 Å². The van der Waals surface area contributed by atoms with Gasteiger partial charge < -0.3 is 25.4 Å². The molecule has 0 unspecified atom stereocenters. The largest absolute Gasteiger partial charge is 0.438 e. The molecule has 1 saturated carbocycles. The monoisotopic (exact) mass is 401 g/mol. The van der Waals surface area contributed by atoms with Gasteiger partial charge in [0, 0.05) is 30.3 Å². The van der Waals surface area contributed by atoms with Gasteiger partial charge in [-0.2, -0.15) is 9.97 Å². The van der Waals surface area contributed by atoms with Crippen LogP contribution >= 0.6 is 11.6 Å². The third-order valence-electron chi connectivity index (χ3n) is 5.17. The van der Waals surface area contributed by atoms with E-state index in [4.69, 9.17) is 26.8 Å².